The van der Waals surface area contributed by atoms with Crippen molar-refractivity contribution in [2.24, 2.45) is 0 Å². The Balaban J connectivity index is 2.13. The van der Waals surface area contributed by atoms with E-state index in [1.165, 1.54) is 0 Å². The number of aromatic nitrogens is 1. The van der Waals surface area contributed by atoms with Crippen LogP contribution in [0.25, 0.3) is 0 Å². The van der Waals surface area contributed by atoms with E-state index < -0.39 is 0 Å². The first-order valence-corrected chi connectivity index (χ1v) is 5.52. The molecule has 1 aromatic carbocycles. The van der Waals surface area contributed by atoms with Gasteiger partial charge in [-0.3, -0.25) is 0 Å². The van der Waals surface area contributed by atoms with Crippen LogP contribution in [0.5, 0.6) is 11.8 Å². The van der Waals surface area contributed by atoms with Crippen LogP contribution in [-0.2, 0) is 6.54 Å². The Labute approximate surface area is 101 Å². The minimum Gasteiger partial charge on any atom is -0.417 e. The number of hydrogen-bond acceptors (Lipinski definition) is 4. The zero-order valence-corrected chi connectivity index (χ0v) is 10.3. The molecular weight excluding hydrogens is 216 g/mol. The third-order valence-electron chi connectivity index (χ3n) is 2.29. The molecule has 2 rings (SSSR count). The lowest BCUT2D eigenvalue weighted by molar-refractivity contribution is 0.330. The van der Waals surface area contributed by atoms with E-state index in [1.807, 2.05) is 33.0 Å². The van der Waals surface area contributed by atoms with Crippen molar-refractivity contribution in [1.82, 2.24) is 10.3 Å². The molecule has 0 spiro atoms. The second kappa shape index (κ2) is 5.01. The summed E-state index contributed by atoms with van der Waals surface area (Å²) in [5.74, 6) is 0.750. The Morgan fingerprint density at radius 3 is 2.59 bits per heavy atom. The molecule has 0 aliphatic carbocycles. The summed E-state index contributed by atoms with van der Waals surface area (Å²) in [7, 11) is 1.86. The molecule has 0 atom stereocenters. The predicted molar refractivity (Wildman–Crippen MR) is 65.3 cm³/mol. The highest BCUT2D eigenvalue weighted by Gasteiger charge is 2.06. The fourth-order valence-electron chi connectivity index (χ4n) is 1.69. The van der Waals surface area contributed by atoms with Gasteiger partial charge >= 0.3 is 6.08 Å². The molecule has 0 radical (unpaired) electrons. The van der Waals surface area contributed by atoms with Gasteiger partial charge in [0.2, 0.25) is 0 Å². The zero-order chi connectivity index (χ0) is 12.3. The topological polar surface area (TPSA) is 47.3 Å². The lowest BCUT2D eigenvalue weighted by Gasteiger charge is -2.03. The number of nitrogens with zero attached hydrogens (tertiary/aromatic N) is 1. The van der Waals surface area contributed by atoms with Crippen LogP contribution in [0.4, 0.5) is 0 Å². The molecule has 90 valence electrons. The molecule has 2 aromatic rings. The van der Waals surface area contributed by atoms with Crippen LogP contribution < -0.4 is 10.1 Å². The van der Waals surface area contributed by atoms with Crippen LogP contribution in [0.15, 0.2) is 28.9 Å². The molecule has 0 saturated carbocycles. The maximum absolute atomic E-state index is 5.56. The standard InChI is InChI=1S/C13H16N2O2/c1-9-4-10(2)6-12(5-9)17-13-15-11(7-14-3)8-16-13/h4-6,8,14H,7H2,1-3H3. The molecule has 0 saturated heterocycles. The lowest BCUT2D eigenvalue weighted by Crippen LogP contribution is -2.04. The summed E-state index contributed by atoms with van der Waals surface area (Å²) in [5, 5.41) is 3.00. The molecule has 0 bridgehead atoms. The number of ether oxygens (including phenoxy) is 1. The van der Waals surface area contributed by atoms with Gasteiger partial charge in [0.15, 0.2) is 0 Å². The van der Waals surface area contributed by atoms with Gasteiger partial charge in [0.25, 0.3) is 0 Å². The molecule has 4 nitrogen and oxygen atoms in total. The minimum absolute atomic E-state index is 0.278. The molecule has 4 heteroatoms. The molecule has 0 unspecified atom stereocenters. The maximum atomic E-state index is 5.56. The molecule has 1 N–H and O–H groups in total. The molecule has 1 heterocycles. The van der Waals surface area contributed by atoms with E-state index in [9.17, 15) is 0 Å². The van der Waals surface area contributed by atoms with E-state index in [0.29, 0.717) is 6.54 Å². The van der Waals surface area contributed by atoms with Gasteiger partial charge in [-0.2, -0.15) is 4.98 Å². The van der Waals surface area contributed by atoms with Crippen LogP contribution in [-0.4, -0.2) is 12.0 Å². The summed E-state index contributed by atoms with van der Waals surface area (Å²) in [5.41, 5.74) is 3.14. The Bertz CT molecular complexity index is 486. The molecule has 0 amide bonds. The smallest absolute Gasteiger partial charge is 0.399 e. The molecule has 0 fully saturated rings. The summed E-state index contributed by atoms with van der Waals surface area (Å²) in [6.45, 7) is 4.73. The highest BCUT2D eigenvalue weighted by molar-refractivity contribution is 5.34. The summed E-state index contributed by atoms with van der Waals surface area (Å²) >= 11 is 0. The van der Waals surface area contributed by atoms with Crippen LogP contribution in [0.2, 0.25) is 0 Å². The lowest BCUT2D eigenvalue weighted by atomic mass is 10.1. The average molecular weight is 232 g/mol. The van der Waals surface area contributed by atoms with Crippen LogP contribution >= 0.6 is 0 Å². The Hall–Kier alpha value is -1.81. The first kappa shape index (κ1) is 11.7. The average Bonchev–Trinajstić information content (AvgIpc) is 2.64. The maximum Gasteiger partial charge on any atom is 0.399 e. The van der Waals surface area contributed by atoms with Gasteiger partial charge in [-0.25, -0.2) is 0 Å². The summed E-state index contributed by atoms with van der Waals surface area (Å²) in [4.78, 5) is 4.20. The zero-order valence-electron chi connectivity index (χ0n) is 10.3. The van der Waals surface area contributed by atoms with Gasteiger partial charge < -0.3 is 14.5 Å². The molecular formula is C13H16N2O2. The third-order valence-corrected chi connectivity index (χ3v) is 2.29. The van der Waals surface area contributed by atoms with Crippen molar-refractivity contribution in [2.75, 3.05) is 7.05 Å². The first-order chi connectivity index (χ1) is 8.17. The van der Waals surface area contributed by atoms with Crippen LogP contribution in [0, 0.1) is 13.8 Å². The van der Waals surface area contributed by atoms with E-state index in [2.05, 4.69) is 16.4 Å². The van der Waals surface area contributed by atoms with Crippen molar-refractivity contribution < 1.29 is 9.15 Å². The van der Waals surface area contributed by atoms with Gasteiger partial charge in [-0.1, -0.05) is 6.07 Å². The number of rotatable bonds is 4. The third kappa shape index (κ3) is 3.07. The fourth-order valence-corrected chi connectivity index (χ4v) is 1.69. The van der Waals surface area contributed by atoms with Crippen molar-refractivity contribution in [3.05, 3.63) is 41.3 Å². The van der Waals surface area contributed by atoms with Crippen molar-refractivity contribution >= 4 is 0 Å². The van der Waals surface area contributed by atoms with Crippen molar-refractivity contribution in [1.29, 1.82) is 0 Å². The second-order valence-electron chi connectivity index (χ2n) is 4.06. The molecule has 1 aromatic heterocycles. The molecule has 17 heavy (non-hydrogen) atoms. The number of oxazole rings is 1. The van der Waals surface area contributed by atoms with E-state index in [1.54, 1.807) is 6.26 Å². The van der Waals surface area contributed by atoms with Crippen LogP contribution in [0.3, 0.4) is 0 Å². The normalized spacial score (nSPS) is 10.5. The van der Waals surface area contributed by atoms with Crippen LogP contribution in [0.1, 0.15) is 16.8 Å². The second-order valence-corrected chi connectivity index (χ2v) is 4.06. The van der Waals surface area contributed by atoms with Crippen molar-refractivity contribution in [3.8, 4) is 11.8 Å². The first-order valence-electron chi connectivity index (χ1n) is 5.52. The molecule has 0 aliphatic rings. The number of nitrogens with one attached hydrogen (secondary N) is 1. The number of benzene rings is 1. The van der Waals surface area contributed by atoms with Gasteiger partial charge in [0, 0.05) is 6.54 Å². The van der Waals surface area contributed by atoms with Gasteiger partial charge in [-0.15, -0.1) is 0 Å². The van der Waals surface area contributed by atoms with E-state index in [4.69, 9.17) is 9.15 Å². The van der Waals surface area contributed by atoms with Gasteiger partial charge in [0.05, 0.1) is 5.69 Å². The Morgan fingerprint density at radius 2 is 1.94 bits per heavy atom. The Morgan fingerprint density at radius 1 is 1.24 bits per heavy atom. The van der Waals surface area contributed by atoms with E-state index >= 15 is 0 Å². The van der Waals surface area contributed by atoms with Crippen molar-refractivity contribution in [2.45, 2.75) is 20.4 Å². The number of aryl methyl sites for hydroxylation is 2. The SMILES string of the molecule is CNCc1coc(Oc2cc(C)cc(C)c2)n1. The quantitative estimate of drug-likeness (QED) is 0.880. The van der Waals surface area contributed by atoms with E-state index in [0.717, 1.165) is 22.6 Å². The summed E-state index contributed by atoms with van der Waals surface area (Å²) < 4.78 is 10.8. The predicted octanol–water partition coefficient (Wildman–Crippen LogP) is 2.80. The summed E-state index contributed by atoms with van der Waals surface area (Å²) in [6, 6.07) is 6.00. The fraction of sp³-hybridized carbons (Fsp3) is 0.308. The van der Waals surface area contributed by atoms with Gasteiger partial charge in [0.1, 0.15) is 12.0 Å². The Kier molecular flexibility index (Phi) is 3.44. The van der Waals surface area contributed by atoms with Crippen molar-refractivity contribution in [3.63, 3.8) is 0 Å². The highest BCUT2D eigenvalue weighted by atomic mass is 16.6. The monoisotopic (exact) mass is 232 g/mol. The summed E-state index contributed by atoms with van der Waals surface area (Å²) in [6.07, 6.45) is 1.87. The van der Waals surface area contributed by atoms with Gasteiger partial charge in [-0.05, 0) is 44.2 Å². The van der Waals surface area contributed by atoms with E-state index in [-0.39, 0.29) is 6.08 Å². The molecule has 0 aliphatic heterocycles. The minimum atomic E-state index is 0.278. The highest BCUT2D eigenvalue weighted by Crippen LogP contribution is 2.23. The largest absolute Gasteiger partial charge is 0.417 e. The number of hydrogen-bond donors (Lipinski definition) is 1.